The smallest absolute Gasteiger partial charge is 0.160 e. The number of nitrogens with zero attached hydrogens (tertiary/aromatic N) is 3. The van der Waals surface area contributed by atoms with Crippen LogP contribution in [0.15, 0.2) is 6.20 Å². The Hall–Kier alpha value is -1.20. The van der Waals surface area contributed by atoms with E-state index in [-0.39, 0.29) is 0 Å². The van der Waals surface area contributed by atoms with E-state index in [1.807, 2.05) is 13.2 Å². The number of likely N-dealkylation sites (N-methyl/N-ethyl adjacent to an activating group) is 1. The van der Waals surface area contributed by atoms with E-state index in [1.165, 1.54) is 12.8 Å². The van der Waals surface area contributed by atoms with Gasteiger partial charge in [-0.3, -0.25) is 0 Å². The van der Waals surface area contributed by atoms with Crippen LogP contribution in [0.1, 0.15) is 44.1 Å². The SMILES string of the molecule is CNCc1nc(C(C)C)ncc1OCCN(C)C1CC1. The Balaban J connectivity index is 1.94. The molecule has 1 aliphatic rings. The summed E-state index contributed by atoms with van der Waals surface area (Å²) in [7, 11) is 4.08. The average Bonchev–Trinajstić information content (AvgIpc) is 3.24. The van der Waals surface area contributed by atoms with Gasteiger partial charge in [-0.05, 0) is 26.9 Å². The first-order valence-electron chi connectivity index (χ1n) is 7.45. The maximum atomic E-state index is 5.87. The molecule has 5 nitrogen and oxygen atoms in total. The van der Waals surface area contributed by atoms with Crippen LogP contribution in [-0.2, 0) is 6.54 Å². The molecule has 0 spiro atoms. The fourth-order valence-electron chi connectivity index (χ4n) is 2.11. The summed E-state index contributed by atoms with van der Waals surface area (Å²) in [5.41, 5.74) is 0.945. The third-order valence-electron chi connectivity index (χ3n) is 3.58. The van der Waals surface area contributed by atoms with Crippen molar-refractivity contribution in [3.05, 3.63) is 17.7 Å². The first-order chi connectivity index (χ1) is 9.61. The molecule has 1 heterocycles. The lowest BCUT2D eigenvalue weighted by molar-refractivity contribution is 0.229. The molecule has 1 fully saturated rings. The zero-order chi connectivity index (χ0) is 14.5. The molecule has 0 aliphatic heterocycles. The molecule has 0 aromatic carbocycles. The molecule has 0 saturated heterocycles. The molecular weight excluding hydrogens is 252 g/mol. The van der Waals surface area contributed by atoms with Gasteiger partial charge in [0.1, 0.15) is 12.4 Å². The summed E-state index contributed by atoms with van der Waals surface area (Å²) in [6, 6.07) is 0.773. The molecule has 1 saturated carbocycles. The number of hydrogen-bond acceptors (Lipinski definition) is 5. The Kier molecular flexibility index (Phi) is 5.31. The van der Waals surface area contributed by atoms with Gasteiger partial charge in [-0.15, -0.1) is 0 Å². The number of nitrogens with one attached hydrogen (secondary N) is 1. The quantitative estimate of drug-likeness (QED) is 0.785. The number of hydrogen-bond donors (Lipinski definition) is 1. The zero-order valence-electron chi connectivity index (χ0n) is 13.0. The summed E-state index contributed by atoms with van der Waals surface area (Å²) >= 11 is 0. The lowest BCUT2D eigenvalue weighted by atomic mass is 10.2. The molecular formula is C15H26N4O. The van der Waals surface area contributed by atoms with Crippen LogP contribution in [0.3, 0.4) is 0 Å². The van der Waals surface area contributed by atoms with Crippen LogP contribution in [0.2, 0.25) is 0 Å². The summed E-state index contributed by atoms with van der Waals surface area (Å²) in [6.45, 7) is 6.55. The second-order valence-electron chi connectivity index (χ2n) is 5.78. The lowest BCUT2D eigenvalue weighted by Crippen LogP contribution is -2.26. The zero-order valence-corrected chi connectivity index (χ0v) is 13.0. The Morgan fingerprint density at radius 1 is 1.45 bits per heavy atom. The number of aromatic nitrogens is 2. The van der Waals surface area contributed by atoms with Crippen molar-refractivity contribution in [3.63, 3.8) is 0 Å². The highest BCUT2D eigenvalue weighted by atomic mass is 16.5. The molecule has 112 valence electrons. The van der Waals surface area contributed by atoms with Crippen molar-refractivity contribution in [2.45, 2.75) is 45.2 Å². The Morgan fingerprint density at radius 2 is 2.20 bits per heavy atom. The third-order valence-corrected chi connectivity index (χ3v) is 3.58. The predicted octanol–water partition coefficient (Wildman–Crippen LogP) is 1.79. The molecule has 5 heteroatoms. The summed E-state index contributed by atoms with van der Waals surface area (Å²) in [5, 5.41) is 3.14. The van der Waals surface area contributed by atoms with Gasteiger partial charge in [0.15, 0.2) is 5.75 Å². The summed E-state index contributed by atoms with van der Waals surface area (Å²) < 4.78 is 5.87. The molecule has 1 aromatic rings. The fourth-order valence-corrected chi connectivity index (χ4v) is 2.11. The molecule has 2 rings (SSSR count). The van der Waals surface area contributed by atoms with Crippen molar-refractivity contribution in [1.82, 2.24) is 20.2 Å². The van der Waals surface area contributed by atoms with Gasteiger partial charge in [-0.1, -0.05) is 13.8 Å². The fraction of sp³-hybridized carbons (Fsp3) is 0.733. The summed E-state index contributed by atoms with van der Waals surface area (Å²) in [5.74, 6) is 2.01. The van der Waals surface area contributed by atoms with Gasteiger partial charge in [-0.25, -0.2) is 9.97 Å². The van der Waals surface area contributed by atoms with Crippen molar-refractivity contribution in [2.24, 2.45) is 0 Å². The van der Waals surface area contributed by atoms with Crippen LogP contribution in [0.5, 0.6) is 5.75 Å². The van der Waals surface area contributed by atoms with Crippen LogP contribution >= 0.6 is 0 Å². The van der Waals surface area contributed by atoms with E-state index < -0.39 is 0 Å². The largest absolute Gasteiger partial charge is 0.489 e. The van der Waals surface area contributed by atoms with Gasteiger partial charge in [0.25, 0.3) is 0 Å². The van der Waals surface area contributed by atoms with Crippen molar-refractivity contribution in [1.29, 1.82) is 0 Å². The van der Waals surface area contributed by atoms with Crippen molar-refractivity contribution in [3.8, 4) is 5.75 Å². The van der Waals surface area contributed by atoms with E-state index in [4.69, 9.17) is 4.74 Å². The van der Waals surface area contributed by atoms with E-state index in [1.54, 1.807) is 0 Å². The van der Waals surface area contributed by atoms with Gasteiger partial charge < -0.3 is 15.0 Å². The minimum absolute atomic E-state index is 0.334. The maximum Gasteiger partial charge on any atom is 0.160 e. The topological polar surface area (TPSA) is 50.3 Å². The Labute approximate surface area is 121 Å². The molecule has 1 N–H and O–H groups in total. The van der Waals surface area contributed by atoms with Gasteiger partial charge in [0, 0.05) is 25.0 Å². The second kappa shape index (κ2) is 6.99. The van der Waals surface area contributed by atoms with Crippen LogP contribution < -0.4 is 10.1 Å². The molecule has 0 radical (unpaired) electrons. The third kappa shape index (κ3) is 4.15. The van der Waals surface area contributed by atoms with Crippen LogP contribution in [-0.4, -0.2) is 48.2 Å². The first-order valence-corrected chi connectivity index (χ1v) is 7.45. The lowest BCUT2D eigenvalue weighted by Gasteiger charge is -2.17. The van der Waals surface area contributed by atoms with Crippen molar-refractivity contribution < 1.29 is 4.74 Å². The molecule has 1 aromatic heterocycles. The van der Waals surface area contributed by atoms with E-state index in [2.05, 4.69) is 41.1 Å². The van der Waals surface area contributed by atoms with Crippen LogP contribution in [0.25, 0.3) is 0 Å². The minimum atomic E-state index is 0.334. The van der Waals surface area contributed by atoms with E-state index in [0.29, 0.717) is 19.1 Å². The van der Waals surface area contributed by atoms with Crippen LogP contribution in [0.4, 0.5) is 0 Å². The maximum absolute atomic E-state index is 5.87. The average molecular weight is 278 g/mol. The highest BCUT2D eigenvalue weighted by Gasteiger charge is 2.25. The number of ether oxygens (including phenoxy) is 1. The predicted molar refractivity (Wildman–Crippen MR) is 80.0 cm³/mol. The van der Waals surface area contributed by atoms with Crippen molar-refractivity contribution >= 4 is 0 Å². The first kappa shape index (κ1) is 15.2. The second-order valence-corrected chi connectivity index (χ2v) is 5.78. The number of rotatable bonds is 8. The molecule has 0 atom stereocenters. The molecule has 1 aliphatic carbocycles. The Morgan fingerprint density at radius 3 is 2.80 bits per heavy atom. The van der Waals surface area contributed by atoms with Gasteiger partial charge in [0.05, 0.1) is 11.9 Å². The van der Waals surface area contributed by atoms with Gasteiger partial charge >= 0.3 is 0 Å². The molecule has 0 bridgehead atoms. The molecule has 0 amide bonds. The van der Waals surface area contributed by atoms with E-state index >= 15 is 0 Å². The van der Waals surface area contributed by atoms with Gasteiger partial charge in [-0.2, -0.15) is 0 Å². The van der Waals surface area contributed by atoms with E-state index in [0.717, 1.165) is 29.9 Å². The summed E-state index contributed by atoms with van der Waals surface area (Å²) in [4.78, 5) is 11.3. The van der Waals surface area contributed by atoms with Crippen LogP contribution in [0, 0.1) is 0 Å². The normalized spacial score (nSPS) is 15.1. The Bertz CT molecular complexity index is 432. The minimum Gasteiger partial charge on any atom is -0.489 e. The highest BCUT2D eigenvalue weighted by molar-refractivity contribution is 5.25. The molecule has 0 unspecified atom stereocenters. The van der Waals surface area contributed by atoms with E-state index in [9.17, 15) is 0 Å². The standard InChI is InChI=1S/C15H26N4O/c1-11(2)15-17-10-14(13(18-15)9-16-3)20-8-7-19(4)12-5-6-12/h10-12,16H,5-9H2,1-4H3. The monoisotopic (exact) mass is 278 g/mol. The van der Waals surface area contributed by atoms with Crippen molar-refractivity contribution in [2.75, 3.05) is 27.2 Å². The van der Waals surface area contributed by atoms with Gasteiger partial charge in [0.2, 0.25) is 0 Å². The summed E-state index contributed by atoms with van der Waals surface area (Å²) in [6.07, 6.45) is 4.47. The molecule has 20 heavy (non-hydrogen) atoms. The highest BCUT2D eigenvalue weighted by Crippen LogP contribution is 2.25.